The van der Waals surface area contributed by atoms with Crippen LogP contribution in [0.1, 0.15) is 44.3 Å². The highest BCUT2D eigenvalue weighted by Crippen LogP contribution is 2.17. The van der Waals surface area contributed by atoms with Crippen LogP contribution >= 0.6 is 24.0 Å². The van der Waals surface area contributed by atoms with Crippen molar-refractivity contribution in [2.45, 2.75) is 51.0 Å². The van der Waals surface area contributed by atoms with E-state index in [0.29, 0.717) is 18.5 Å². The number of halogens is 1. The maximum atomic E-state index is 6.00. The van der Waals surface area contributed by atoms with Crippen LogP contribution in [0.3, 0.4) is 0 Å². The molecule has 0 unspecified atom stereocenters. The van der Waals surface area contributed by atoms with Crippen molar-refractivity contribution in [3.05, 3.63) is 30.1 Å². The van der Waals surface area contributed by atoms with Crippen molar-refractivity contribution >= 4 is 41.0 Å². The summed E-state index contributed by atoms with van der Waals surface area (Å²) in [5.74, 6) is 1.54. The van der Waals surface area contributed by atoms with Crippen LogP contribution in [0.25, 0.3) is 11.0 Å². The first kappa shape index (κ1) is 18.0. The van der Waals surface area contributed by atoms with E-state index in [9.17, 15) is 0 Å². The number of nitrogens with two attached hydrogens (primary N) is 1. The number of benzene rings is 1. The third-order valence-corrected chi connectivity index (χ3v) is 4.28. The number of fused-ring (bicyclic) bond motifs is 1. The number of imidazole rings is 1. The van der Waals surface area contributed by atoms with E-state index in [1.54, 1.807) is 0 Å². The van der Waals surface area contributed by atoms with Crippen LogP contribution in [-0.2, 0) is 6.42 Å². The lowest BCUT2D eigenvalue weighted by atomic mass is 10.1. The first-order valence-electron chi connectivity index (χ1n) is 8.31. The second-order valence-electron chi connectivity index (χ2n) is 6.05. The molecule has 1 aliphatic carbocycles. The molecule has 0 atom stereocenters. The number of nitrogens with zero attached hydrogens (tertiary/aromatic N) is 2. The van der Waals surface area contributed by atoms with Crippen LogP contribution in [-0.4, -0.2) is 28.5 Å². The van der Waals surface area contributed by atoms with Crippen LogP contribution in [0, 0.1) is 0 Å². The van der Waals surface area contributed by atoms with E-state index in [0.717, 1.165) is 23.3 Å². The molecular formula is C17H26IN5. The van der Waals surface area contributed by atoms with Gasteiger partial charge in [0.2, 0.25) is 0 Å². The Labute approximate surface area is 154 Å². The Morgan fingerprint density at radius 1 is 1.22 bits per heavy atom. The molecule has 1 fully saturated rings. The Morgan fingerprint density at radius 3 is 2.70 bits per heavy atom. The zero-order valence-electron chi connectivity index (χ0n) is 13.4. The molecule has 0 saturated heterocycles. The van der Waals surface area contributed by atoms with E-state index in [1.165, 1.54) is 38.5 Å². The SMILES string of the molecule is I.NC(=NCCc1nc2ccccc2[nH]1)NC1CCCCCC1. The number of nitrogens with one attached hydrogen (secondary N) is 2. The summed E-state index contributed by atoms with van der Waals surface area (Å²) in [6, 6.07) is 8.56. The van der Waals surface area contributed by atoms with Crippen molar-refractivity contribution < 1.29 is 0 Å². The lowest BCUT2D eigenvalue weighted by Crippen LogP contribution is -2.40. The highest BCUT2D eigenvalue weighted by Gasteiger charge is 2.12. The fraction of sp³-hybridized carbons (Fsp3) is 0.529. The number of hydrogen-bond acceptors (Lipinski definition) is 2. The molecule has 1 aliphatic rings. The summed E-state index contributed by atoms with van der Waals surface area (Å²) in [6.07, 6.45) is 8.48. The van der Waals surface area contributed by atoms with Gasteiger partial charge >= 0.3 is 0 Å². The summed E-state index contributed by atoms with van der Waals surface area (Å²) in [4.78, 5) is 12.3. The number of rotatable bonds is 4. The molecule has 1 aromatic carbocycles. The Balaban J connectivity index is 0.00000192. The van der Waals surface area contributed by atoms with Crippen molar-refractivity contribution in [2.24, 2.45) is 10.7 Å². The molecule has 1 heterocycles. The summed E-state index contributed by atoms with van der Waals surface area (Å²) in [7, 11) is 0. The third-order valence-electron chi connectivity index (χ3n) is 4.28. The molecule has 4 N–H and O–H groups in total. The molecular weight excluding hydrogens is 401 g/mol. The largest absolute Gasteiger partial charge is 0.370 e. The molecule has 0 spiro atoms. The molecule has 0 amide bonds. The number of H-pyrrole nitrogens is 1. The average Bonchev–Trinajstić information content (AvgIpc) is 2.75. The minimum Gasteiger partial charge on any atom is -0.370 e. The fourth-order valence-electron chi connectivity index (χ4n) is 3.08. The van der Waals surface area contributed by atoms with Gasteiger partial charge in [-0.3, -0.25) is 4.99 Å². The highest BCUT2D eigenvalue weighted by molar-refractivity contribution is 14.0. The predicted molar refractivity (Wildman–Crippen MR) is 106 cm³/mol. The third kappa shape index (κ3) is 5.37. The Kier molecular flexibility index (Phi) is 7.14. The topological polar surface area (TPSA) is 79.1 Å². The highest BCUT2D eigenvalue weighted by atomic mass is 127. The minimum atomic E-state index is 0. The van der Waals surface area contributed by atoms with Crippen molar-refractivity contribution in [3.8, 4) is 0 Å². The van der Waals surface area contributed by atoms with Gasteiger partial charge in [-0.2, -0.15) is 0 Å². The van der Waals surface area contributed by atoms with Gasteiger partial charge in [0, 0.05) is 19.0 Å². The maximum absolute atomic E-state index is 6.00. The van der Waals surface area contributed by atoms with Crippen LogP contribution < -0.4 is 11.1 Å². The summed E-state index contributed by atoms with van der Waals surface area (Å²) in [5.41, 5.74) is 8.08. The minimum absolute atomic E-state index is 0. The molecule has 0 bridgehead atoms. The smallest absolute Gasteiger partial charge is 0.188 e. The van der Waals surface area contributed by atoms with Crippen LogP contribution in [0.15, 0.2) is 29.3 Å². The van der Waals surface area contributed by atoms with Gasteiger partial charge < -0.3 is 16.0 Å². The van der Waals surface area contributed by atoms with Gasteiger partial charge in [-0.25, -0.2) is 4.98 Å². The van der Waals surface area contributed by atoms with E-state index in [-0.39, 0.29) is 24.0 Å². The fourth-order valence-corrected chi connectivity index (χ4v) is 3.08. The summed E-state index contributed by atoms with van der Waals surface area (Å²) in [5, 5.41) is 3.37. The first-order valence-corrected chi connectivity index (χ1v) is 8.31. The van der Waals surface area contributed by atoms with Gasteiger partial charge in [0.25, 0.3) is 0 Å². The van der Waals surface area contributed by atoms with Gasteiger partial charge in [0.1, 0.15) is 5.82 Å². The van der Waals surface area contributed by atoms with Gasteiger partial charge in [-0.1, -0.05) is 37.8 Å². The quantitative estimate of drug-likeness (QED) is 0.303. The molecule has 3 rings (SSSR count). The van der Waals surface area contributed by atoms with E-state index in [2.05, 4.69) is 20.3 Å². The average molecular weight is 427 g/mol. The number of hydrogen-bond donors (Lipinski definition) is 3. The first-order chi connectivity index (χ1) is 10.8. The van der Waals surface area contributed by atoms with Crippen molar-refractivity contribution in [3.63, 3.8) is 0 Å². The van der Waals surface area contributed by atoms with Gasteiger partial charge in [0.05, 0.1) is 11.0 Å². The summed E-state index contributed by atoms with van der Waals surface area (Å²) >= 11 is 0. The molecule has 126 valence electrons. The Hall–Kier alpha value is -1.31. The standard InChI is InChI=1S/C17H25N5.HI/c18-17(20-13-7-3-1-2-4-8-13)19-12-11-16-21-14-9-5-6-10-15(14)22-16;/h5-6,9-10,13H,1-4,7-8,11-12H2,(H,21,22)(H3,18,19,20);1H. The van der Waals surface area contributed by atoms with E-state index >= 15 is 0 Å². The predicted octanol–water partition coefficient (Wildman–Crippen LogP) is 3.35. The Morgan fingerprint density at radius 2 is 1.96 bits per heavy atom. The molecule has 6 heteroatoms. The number of aromatic nitrogens is 2. The maximum Gasteiger partial charge on any atom is 0.188 e. The van der Waals surface area contributed by atoms with Crippen LogP contribution in [0.5, 0.6) is 0 Å². The molecule has 5 nitrogen and oxygen atoms in total. The number of aromatic amines is 1. The second kappa shape index (κ2) is 9.10. The number of para-hydroxylation sites is 2. The zero-order chi connectivity index (χ0) is 15.2. The van der Waals surface area contributed by atoms with E-state index in [1.807, 2.05) is 24.3 Å². The molecule has 0 aliphatic heterocycles. The van der Waals surface area contributed by atoms with Gasteiger partial charge in [-0.05, 0) is 25.0 Å². The van der Waals surface area contributed by atoms with Gasteiger partial charge in [0.15, 0.2) is 5.96 Å². The van der Waals surface area contributed by atoms with Gasteiger partial charge in [-0.15, -0.1) is 24.0 Å². The Bertz CT molecular complexity index is 596. The number of guanidine groups is 1. The monoisotopic (exact) mass is 427 g/mol. The van der Waals surface area contributed by atoms with E-state index < -0.39 is 0 Å². The lowest BCUT2D eigenvalue weighted by molar-refractivity contribution is 0.530. The summed E-state index contributed by atoms with van der Waals surface area (Å²) < 4.78 is 0. The van der Waals surface area contributed by atoms with Crippen molar-refractivity contribution in [1.82, 2.24) is 15.3 Å². The van der Waals surface area contributed by atoms with Crippen molar-refractivity contribution in [2.75, 3.05) is 6.54 Å². The second-order valence-corrected chi connectivity index (χ2v) is 6.05. The lowest BCUT2D eigenvalue weighted by Gasteiger charge is -2.16. The molecule has 2 aromatic rings. The molecule has 1 saturated carbocycles. The van der Waals surface area contributed by atoms with E-state index in [4.69, 9.17) is 5.73 Å². The van der Waals surface area contributed by atoms with Crippen LogP contribution in [0.2, 0.25) is 0 Å². The normalized spacial score (nSPS) is 16.8. The molecule has 23 heavy (non-hydrogen) atoms. The van der Waals surface area contributed by atoms with Crippen molar-refractivity contribution in [1.29, 1.82) is 0 Å². The summed E-state index contributed by atoms with van der Waals surface area (Å²) in [6.45, 7) is 0.658. The number of aliphatic imine (C=N–C) groups is 1. The zero-order valence-corrected chi connectivity index (χ0v) is 15.8. The molecule has 0 radical (unpaired) electrons. The molecule has 1 aromatic heterocycles. The van der Waals surface area contributed by atoms with Crippen LogP contribution in [0.4, 0.5) is 0 Å².